The molecule has 2 aromatic heterocycles. The molecule has 2 N–H and O–H groups in total. The molecule has 124 valence electrons. The summed E-state index contributed by atoms with van der Waals surface area (Å²) in [5.74, 6) is 1.20. The summed E-state index contributed by atoms with van der Waals surface area (Å²) in [6.45, 7) is 6.85. The lowest BCUT2D eigenvalue weighted by atomic mass is 9.93. The normalized spacial score (nSPS) is 18.9. The molecule has 0 radical (unpaired) electrons. The van der Waals surface area contributed by atoms with Crippen LogP contribution in [-0.2, 0) is 5.41 Å². The second-order valence-corrected chi connectivity index (χ2v) is 6.99. The molecule has 0 bridgehead atoms. The van der Waals surface area contributed by atoms with Crippen LogP contribution in [0.5, 0.6) is 0 Å². The highest BCUT2D eigenvalue weighted by Gasteiger charge is 2.29. The van der Waals surface area contributed by atoms with Gasteiger partial charge in [0.15, 0.2) is 5.82 Å². The van der Waals surface area contributed by atoms with Crippen molar-refractivity contribution in [2.24, 2.45) is 0 Å². The Bertz CT molecular complexity index is 656. The lowest BCUT2D eigenvalue weighted by Gasteiger charge is -2.34. The second-order valence-electron chi connectivity index (χ2n) is 6.99. The number of nitrogens with zero attached hydrogens (tertiary/aromatic N) is 3. The van der Waals surface area contributed by atoms with Crippen LogP contribution in [0.2, 0.25) is 0 Å². The van der Waals surface area contributed by atoms with E-state index in [-0.39, 0.29) is 17.5 Å². The van der Waals surface area contributed by atoms with Crippen LogP contribution in [0.1, 0.15) is 57.4 Å². The number of piperidine rings is 1. The number of carbonyl (C=O) groups is 1. The third-order valence-electron chi connectivity index (χ3n) is 4.15. The molecule has 1 aliphatic heterocycles. The summed E-state index contributed by atoms with van der Waals surface area (Å²) in [4.78, 5) is 14.5. The standard InChI is InChI=1S/C16H23N5O2/c1-16(2,3)13-8-14(20-23-13)19-15(22)21-7-5-4-6-12(21)11-9-17-18-10-11/h8-10,12H,4-7H2,1-3H3,(H,17,18)(H,19,20,22). The first kappa shape index (κ1) is 15.6. The van der Waals surface area contributed by atoms with E-state index >= 15 is 0 Å². The molecule has 0 saturated carbocycles. The average Bonchev–Trinajstić information content (AvgIpc) is 3.18. The van der Waals surface area contributed by atoms with Gasteiger partial charge in [0.05, 0.1) is 12.2 Å². The van der Waals surface area contributed by atoms with Crippen LogP contribution in [0.3, 0.4) is 0 Å². The van der Waals surface area contributed by atoms with Gasteiger partial charge in [0.1, 0.15) is 5.76 Å². The number of H-pyrrole nitrogens is 1. The highest BCUT2D eigenvalue weighted by Crippen LogP contribution is 2.31. The second kappa shape index (κ2) is 6.06. The number of urea groups is 1. The van der Waals surface area contributed by atoms with Crippen molar-refractivity contribution in [1.29, 1.82) is 0 Å². The molecule has 7 nitrogen and oxygen atoms in total. The van der Waals surface area contributed by atoms with Gasteiger partial charge in [-0.05, 0) is 19.3 Å². The number of likely N-dealkylation sites (tertiary alicyclic amines) is 1. The molecule has 3 heterocycles. The van der Waals surface area contributed by atoms with Crippen molar-refractivity contribution in [3.05, 3.63) is 29.8 Å². The first-order valence-electron chi connectivity index (χ1n) is 7.98. The van der Waals surface area contributed by atoms with Crippen molar-refractivity contribution < 1.29 is 9.32 Å². The molecule has 1 fully saturated rings. The molecule has 23 heavy (non-hydrogen) atoms. The minimum atomic E-state index is -0.148. The molecule has 1 aliphatic rings. The molecule has 1 atom stereocenters. The fourth-order valence-corrected chi connectivity index (χ4v) is 2.83. The van der Waals surface area contributed by atoms with E-state index < -0.39 is 0 Å². The molecule has 7 heteroatoms. The van der Waals surface area contributed by atoms with Gasteiger partial charge in [-0.1, -0.05) is 25.9 Å². The van der Waals surface area contributed by atoms with Gasteiger partial charge in [-0.25, -0.2) is 4.79 Å². The third kappa shape index (κ3) is 3.38. The van der Waals surface area contributed by atoms with Crippen LogP contribution in [0.15, 0.2) is 23.0 Å². The van der Waals surface area contributed by atoms with Crippen molar-refractivity contribution in [3.63, 3.8) is 0 Å². The smallest absolute Gasteiger partial charge is 0.323 e. The van der Waals surface area contributed by atoms with Crippen LogP contribution in [0.25, 0.3) is 0 Å². The van der Waals surface area contributed by atoms with Gasteiger partial charge < -0.3 is 9.42 Å². The van der Waals surface area contributed by atoms with Crippen LogP contribution in [0, 0.1) is 0 Å². The highest BCUT2D eigenvalue weighted by molar-refractivity contribution is 5.88. The SMILES string of the molecule is CC(C)(C)c1cc(NC(=O)N2CCCCC2c2cn[nH]c2)no1. The highest BCUT2D eigenvalue weighted by atomic mass is 16.5. The Morgan fingerprint density at radius 3 is 2.91 bits per heavy atom. The lowest BCUT2D eigenvalue weighted by molar-refractivity contribution is 0.163. The number of aromatic amines is 1. The number of carbonyl (C=O) groups excluding carboxylic acids is 1. The summed E-state index contributed by atoms with van der Waals surface area (Å²) in [6, 6.07) is 1.69. The molecule has 0 spiro atoms. The zero-order valence-corrected chi connectivity index (χ0v) is 13.8. The molecule has 0 aromatic carbocycles. The van der Waals surface area contributed by atoms with Crippen molar-refractivity contribution in [1.82, 2.24) is 20.3 Å². The predicted molar refractivity (Wildman–Crippen MR) is 86.1 cm³/mol. The number of hydrogen-bond acceptors (Lipinski definition) is 4. The van der Waals surface area contributed by atoms with Gasteiger partial charge in [0, 0.05) is 29.8 Å². The Kier molecular flexibility index (Phi) is 4.11. The van der Waals surface area contributed by atoms with Crippen molar-refractivity contribution in [3.8, 4) is 0 Å². The Morgan fingerprint density at radius 1 is 1.43 bits per heavy atom. The first-order chi connectivity index (χ1) is 10.9. The average molecular weight is 317 g/mol. The van der Waals surface area contributed by atoms with E-state index in [4.69, 9.17) is 4.52 Å². The van der Waals surface area contributed by atoms with E-state index in [9.17, 15) is 4.79 Å². The van der Waals surface area contributed by atoms with Crippen LogP contribution < -0.4 is 5.32 Å². The number of aromatic nitrogens is 3. The monoisotopic (exact) mass is 317 g/mol. The molecular weight excluding hydrogens is 294 g/mol. The Hall–Kier alpha value is -2.31. The summed E-state index contributed by atoms with van der Waals surface area (Å²) in [5.41, 5.74) is 0.899. The van der Waals surface area contributed by atoms with Gasteiger partial charge in [0.2, 0.25) is 0 Å². The van der Waals surface area contributed by atoms with E-state index in [1.54, 1.807) is 12.3 Å². The molecule has 2 amide bonds. The molecule has 0 aliphatic carbocycles. The minimum Gasteiger partial charge on any atom is -0.359 e. The van der Waals surface area contributed by atoms with Gasteiger partial charge in [-0.2, -0.15) is 5.10 Å². The maximum atomic E-state index is 12.6. The van der Waals surface area contributed by atoms with Crippen molar-refractivity contribution >= 4 is 11.8 Å². The topological polar surface area (TPSA) is 87.0 Å². The number of amides is 2. The van der Waals surface area contributed by atoms with Gasteiger partial charge in [-0.3, -0.25) is 10.4 Å². The van der Waals surface area contributed by atoms with Crippen molar-refractivity contribution in [2.75, 3.05) is 11.9 Å². The fourth-order valence-electron chi connectivity index (χ4n) is 2.83. The predicted octanol–water partition coefficient (Wildman–Crippen LogP) is 3.45. The number of anilines is 1. The van der Waals surface area contributed by atoms with E-state index in [1.165, 1.54) is 0 Å². The van der Waals surface area contributed by atoms with Gasteiger partial charge in [0.25, 0.3) is 0 Å². The van der Waals surface area contributed by atoms with Crippen LogP contribution in [-0.4, -0.2) is 32.8 Å². The summed E-state index contributed by atoms with van der Waals surface area (Å²) in [5, 5.41) is 13.6. The number of rotatable bonds is 2. The Labute approximate surface area is 135 Å². The zero-order valence-electron chi connectivity index (χ0n) is 13.8. The molecule has 1 saturated heterocycles. The fraction of sp³-hybridized carbons (Fsp3) is 0.562. The Balaban J connectivity index is 1.72. The summed E-state index contributed by atoms with van der Waals surface area (Å²) >= 11 is 0. The largest absolute Gasteiger partial charge is 0.359 e. The molecular formula is C16H23N5O2. The summed E-state index contributed by atoms with van der Waals surface area (Å²) in [6.07, 6.45) is 6.69. The lowest BCUT2D eigenvalue weighted by Crippen LogP contribution is -2.41. The van der Waals surface area contributed by atoms with Gasteiger partial charge >= 0.3 is 6.03 Å². The van der Waals surface area contributed by atoms with E-state index in [1.807, 2.05) is 31.9 Å². The van der Waals surface area contributed by atoms with Crippen LogP contribution >= 0.6 is 0 Å². The zero-order chi connectivity index (χ0) is 16.4. The van der Waals surface area contributed by atoms with Crippen molar-refractivity contribution in [2.45, 2.75) is 51.5 Å². The molecule has 1 unspecified atom stereocenters. The quantitative estimate of drug-likeness (QED) is 0.888. The third-order valence-corrected chi connectivity index (χ3v) is 4.15. The number of hydrogen-bond donors (Lipinski definition) is 2. The molecule has 2 aromatic rings. The van der Waals surface area contributed by atoms with E-state index in [2.05, 4.69) is 20.7 Å². The molecule has 3 rings (SSSR count). The maximum Gasteiger partial charge on any atom is 0.323 e. The van der Waals surface area contributed by atoms with Crippen LogP contribution in [0.4, 0.5) is 10.6 Å². The summed E-state index contributed by atoms with van der Waals surface area (Å²) < 4.78 is 5.32. The van der Waals surface area contributed by atoms with E-state index in [0.29, 0.717) is 5.82 Å². The first-order valence-corrected chi connectivity index (χ1v) is 7.98. The number of nitrogens with one attached hydrogen (secondary N) is 2. The van der Waals surface area contributed by atoms with E-state index in [0.717, 1.165) is 37.1 Å². The maximum absolute atomic E-state index is 12.6. The minimum absolute atomic E-state index is 0.0523. The Morgan fingerprint density at radius 2 is 2.26 bits per heavy atom. The van der Waals surface area contributed by atoms with Gasteiger partial charge in [-0.15, -0.1) is 0 Å². The summed E-state index contributed by atoms with van der Waals surface area (Å²) in [7, 11) is 0.